The number of rotatable bonds is 6. The van der Waals surface area contributed by atoms with E-state index in [0.717, 1.165) is 13.0 Å². The fourth-order valence-electron chi connectivity index (χ4n) is 2.34. The fraction of sp³-hybridized carbons (Fsp3) is 0.500. The third-order valence-electron chi connectivity index (χ3n) is 3.53. The molecule has 0 unspecified atom stereocenters. The summed E-state index contributed by atoms with van der Waals surface area (Å²) >= 11 is 0. The molecule has 1 aromatic heterocycles. The molecule has 21 heavy (non-hydrogen) atoms. The number of carbonyl (C=O) groups is 1. The molecule has 7 nitrogen and oxygen atoms in total. The second kappa shape index (κ2) is 7.58. The van der Waals surface area contributed by atoms with Gasteiger partial charge in [0.1, 0.15) is 5.69 Å². The Balaban J connectivity index is 1.74. The van der Waals surface area contributed by atoms with Crippen LogP contribution in [0.5, 0.6) is 0 Å². The molecule has 0 aliphatic carbocycles. The Morgan fingerprint density at radius 2 is 2.19 bits per heavy atom. The number of hydrogen-bond donors (Lipinski definition) is 3. The number of nitrogens with two attached hydrogens (primary N) is 1. The molecule has 1 amide bonds. The van der Waals surface area contributed by atoms with Crippen LogP contribution in [0.15, 0.2) is 23.5 Å². The van der Waals surface area contributed by atoms with Gasteiger partial charge in [-0.05, 0) is 51.0 Å². The van der Waals surface area contributed by atoms with Gasteiger partial charge in [0.2, 0.25) is 0 Å². The van der Waals surface area contributed by atoms with Crippen molar-refractivity contribution in [1.82, 2.24) is 15.2 Å². The number of amidine groups is 1. The largest absolute Gasteiger partial charge is 0.409 e. The fourth-order valence-corrected chi connectivity index (χ4v) is 2.34. The molecule has 0 aromatic carbocycles. The lowest BCUT2D eigenvalue weighted by Crippen LogP contribution is -2.29. The summed E-state index contributed by atoms with van der Waals surface area (Å²) in [5.41, 5.74) is 6.23. The zero-order valence-corrected chi connectivity index (χ0v) is 12.0. The predicted molar refractivity (Wildman–Crippen MR) is 79.4 cm³/mol. The van der Waals surface area contributed by atoms with E-state index in [1.54, 1.807) is 12.1 Å². The van der Waals surface area contributed by atoms with E-state index in [9.17, 15) is 4.79 Å². The molecular formula is C14H21N5O2. The van der Waals surface area contributed by atoms with Gasteiger partial charge < -0.3 is 21.2 Å². The van der Waals surface area contributed by atoms with Gasteiger partial charge >= 0.3 is 0 Å². The van der Waals surface area contributed by atoms with Gasteiger partial charge in [-0.15, -0.1) is 0 Å². The number of amides is 1. The van der Waals surface area contributed by atoms with E-state index in [1.807, 2.05) is 0 Å². The molecule has 0 atom stereocenters. The van der Waals surface area contributed by atoms with Crippen LogP contribution in [0.1, 0.15) is 35.3 Å². The Kier molecular flexibility index (Phi) is 5.51. The van der Waals surface area contributed by atoms with Gasteiger partial charge in [0.15, 0.2) is 5.84 Å². The van der Waals surface area contributed by atoms with Crippen LogP contribution in [-0.4, -0.2) is 53.0 Å². The van der Waals surface area contributed by atoms with Crippen molar-refractivity contribution in [3.05, 3.63) is 29.6 Å². The monoisotopic (exact) mass is 291 g/mol. The average molecular weight is 291 g/mol. The van der Waals surface area contributed by atoms with E-state index in [0.29, 0.717) is 17.8 Å². The maximum Gasteiger partial charge on any atom is 0.269 e. The third kappa shape index (κ3) is 4.42. The number of oxime groups is 1. The molecule has 1 saturated heterocycles. The molecule has 0 spiro atoms. The topological polar surface area (TPSA) is 104 Å². The highest BCUT2D eigenvalue weighted by atomic mass is 16.4. The SMILES string of the molecule is NC(=NO)c1ccc(C(=O)NCCCN2CCCC2)nc1. The summed E-state index contributed by atoms with van der Waals surface area (Å²) in [5.74, 6) is -0.234. The minimum Gasteiger partial charge on any atom is -0.409 e. The first-order valence-corrected chi connectivity index (χ1v) is 7.15. The normalized spacial score (nSPS) is 16.1. The second-order valence-corrected chi connectivity index (χ2v) is 5.08. The minimum atomic E-state index is -0.206. The van der Waals surface area contributed by atoms with Crippen LogP contribution < -0.4 is 11.1 Å². The molecule has 1 fully saturated rings. The Bertz CT molecular complexity index is 495. The van der Waals surface area contributed by atoms with Crippen molar-refractivity contribution in [1.29, 1.82) is 0 Å². The molecule has 0 bridgehead atoms. The Morgan fingerprint density at radius 3 is 2.81 bits per heavy atom. The van der Waals surface area contributed by atoms with Gasteiger partial charge in [0.05, 0.1) is 0 Å². The highest BCUT2D eigenvalue weighted by Crippen LogP contribution is 2.07. The van der Waals surface area contributed by atoms with Crippen LogP contribution in [0.3, 0.4) is 0 Å². The number of nitrogens with one attached hydrogen (secondary N) is 1. The van der Waals surface area contributed by atoms with Crippen molar-refractivity contribution in [2.24, 2.45) is 10.9 Å². The van der Waals surface area contributed by atoms with Gasteiger partial charge in [-0.25, -0.2) is 0 Å². The summed E-state index contributed by atoms with van der Waals surface area (Å²) in [6.07, 6.45) is 4.91. The van der Waals surface area contributed by atoms with Crippen LogP contribution >= 0.6 is 0 Å². The smallest absolute Gasteiger partial charge is 0.269 e. The Hall–Kier alpha value is -2.15. The lowest BCUT2D eigenvalue weighted by atomic mass is 10.2. The Morgan fingerprint density at radius 1 is 1.43 bits per heavy atom. The molecule has 0 radical (unpaired) electrons. The number of aromatic nitrogens is 1. The van der Waals surface area contributed by atoms with Crippen LogP contribution in [-0.2, 0) is 0 Å². The molecular weight excluding hydrogens is 270 g/mol. The lowest BCUT2D eigenvalue weighted by molar-refractivity contribution is 0.0947. The highest BCUT2D eigenvalue weighted by molar-refractivity contribution is 5.98. The van der Waals surface area contributed by atoms with Crippen LogP contribution in [0.2, 0.25) is 0 Å². The van der Waals surface area contributed by atoms with Crippen LogP contribution in [0, 0.1) is 0 Å². The quantitative estimate of drug-likeness (QED) is 0.231. The first-order chi connectivity index (χ1) is 10.2. The van der Waals surface area contributed by atoms with E-state index in [4.69, 9.17) is 10.9 Å². The summed E-state index contributed by atoms with van der Waals surface area (Å²) in [6, 6.07) is 3.16. The van der Waals surface area contributed by atoms with Gasteiger partial charge in [-0.2, -0.15) is 0 Å². The first kappa shape index (κ1) is 15.2. The number of carbonyl (C=O) groups excluding carboxylic acids is 1. The van der Waals surface area contributed by atoms with E-state index >= 15 is 0 Å². The van der Waals surface area contributed by atoms with Crippen molar-refractivity contribution in [3.8, 4) is 0 Å². The molecule has 114 valence electrons. The average Bonchev–Trinajstić information content (AvgIpc) is 3.04. The first-order valence-electron chi connectivity index (χ1n) is 7.15. The summed E-state index contributed by atoms with van der Waals surface area (Å²) in [5, 5.41) is 14.3. The van der Waals surface area contributed by atoms with Gasteiger partial charge in [0, 0.05) is 18.3 Å². The van der Waals surface area contributed by atoms with Crippen LogP contribution in [0.25, 0.3) is 0 Å². The summed E-state index contributed by atoms with van der Waals surface area (Å²) in [7, 11) is 0. The van der Waals surface area contributed by atoms with Crippen molar-refractivity contribution >= 4 is 11.7 Å². The van der Waals surface area contributed by atoms with E-state index in [-0.39, 0.29) is 11.7 Å². The summed E-state index contributed by atoms with van der Waals surface area (Å²) in [4.78, 5) is 18.3. The molecule has 1 aliphatic heterocycles. The zero-order valence-electron chi connectivity index (χ0n) is 12.0. The molecule has 2 heterocycles. The van der Waals surface area contributed by atoms with Crippen molar-refractivity contribution in [2.75, 3.05) is 26.2 Å². The number of nitrogens with zero attached hydrogens (tertiary/aromatic N) is 3. The van der Waals surface area contributed by atoms with E-state index in [2.05, 4.69) is 20.4 Å². The van der Waals surface area contributed by atoms with E-state index in [1.165, 1.54) is 32.1 Å². The maximum absolute atomic E-state index is 11.9. The number of likely N-dealkylation sites (tertiary alicyclic amines) is 1. The second-order valence-electron chi connectivity index (χ2n) is 5.08. The van der Waals surface area contributed by atoms with Gasteiger partial charge in [-0.1, -0.05) is 5.16 Å². The van der Waals surface area contributed by atoms with Crippen molar-refractivity contribution < 1.29 is 10.0 Å². The standard InChI is InChI=1S/C14H21N5O2/c15-13(18-21)11-4-5-12(17-10-11)14(20)16-6-3-9-19-7-1-2-8-19/h4-5,10,21H,1-3,6-9H2,(H2,15,18)(H,16,20). The molecule has 1 aromatic rings. The van der Waals surface area contributed by atoms with Crippen LogP contribution in [0.4, 0.5) is 0 Å². The molecule has 4 N–H and O–H groups in total. The minimum absolute atomic E-state index is 0.0277. The highest BCUT2D eigenvalue weighted by Gasteiger charge is 2.11. The third-order valence-corrected chi connectivity index (χ3v) is 3.53. The predicted octanol–water partition coefficient (Wildman–Crippen LogP) is 0.392. The lowest BCUT2D eigenvalue weighted by Gasteiger charge is -2.14. The molecule has 2 rings (SSSR count). The zero-order chi connectivity index (χ0) is 15.1. The van der Waals surface area contributed by atoms with Gasteiger partial charge in [0.25, 0.3) is 5.91 Å². The number of pyridine rings is 1. The Labute approximate surface area is 123 Å². The van der Waals surface area contributed by atoms with Crippen molar-refractivity contribution in [3.63, 3.8) is 0 Å². The van der Waals surface area contributed by atoms with Gasteiger partial charge in [-0.3, -0.25) is 9.78 Å². The summed E-state index contributed by atoms with van der Waals surface area (Å²) in [6.45, 7) is 4.00. The van der Waals surface area contributed by atoms with Crippen molar-refractivity contribution in [2.45, 2.75) is 19.3 Å². The molecule has 7 heteroatoms. The molecule has 0 saturated carbocycles. The molecule has 1 aliphatic rings. The maximum atomic E-state index is 11.9. The number of hydrogen-bond acceptors (Lipinski definition) is 5. The van der Waals surface area contributed by atoms with E-state index < -0.39 is 0 Å². The summed E-state index contributed by atoms with van der Waals surface area (Å²) < 4.78 is 0.